The zero-order chi connectivity index (χ0) is 34.6. The van der Waals surface area contributed by atoms with Crippen molar-refractivity contribution in [2.24, 2.45) is 0 Å². The first-order valence-corrected chi connectivity index (χ1v) is 16.8. The first-order valence-electron chi connectivity index (χ1n) is 14.3. The van der Waals surface area contributed by atoms with Gasteiger partial charge in [0.05, 0.1) is 34.9 Å². The van der Waals surface area contributed by atoms with Crippen LogP contribution in [0.15, 0.2) is 83.1 Å². The number of thioether (sulfide) groups is 2. The van der Waals surface area contributed by atoms with E-state index in [0.717, 1.165) is 46.8 Å². The van der Waals surface area contributed by atoms with Crippen LogP contribution in [0.3, 0.4) is 0 Å². The van der Waals surface area contributed by atoms with Crippen molar-refractivity contribution >= 4 is 58.3 Å². The molecule has 0 radical (unpaired) electrons. The van der Waals surface area contributed by atoms with Crippen molar-refractivity contribution in [3.05, 3.63) is 95.6 Å². The van der Waals surface area contributed by atoms with Gasteiger partial charge >= 0.3 is 24.4 Å². The summed E-state index contributed by atoms with van der Waals surface area (Å²) in [4.78, 5) is 35.6. The lowest BCUT2D eigenvalue weighted by Crippen LogP contribution is -2.33. The molecule has 4 heterocycles. The van der Waals surface area contributed by atoms with Crippen LogP contribution in [0.25, 0.3) is 0 Å². The van der Waals surface area contributed by atoms with Gasteiger partial charge in [0, 0.05) is 46.6 Å². The van der Waals surface area contributed by atoms with Crippen molar-refractivity contribution in [1.82, 2.24) is 9.97 Å². The summed E-state index contributed by atoms with van der Waals surface area (Å²) in [6, 6.07) is 10.9. The number of amides is 4. The molecule has 0 aliphatic carbocycles. The number of nitrogens with one attached hydrogen (secondary N) is 2. The van der Waals surface area contributed by atoms with Gasteiger partial charge in [-0.25, -0.2) is 9.59 Å². The predicted molar refractivity (Wildman–Crippen MR) is 175 cm³/mol. The average Bonchev–Trinajstić information content (AvgIpc) is 3.68. The summed E-state index contributed by atoms with van der Waals surface area (Å²) in [7, 11) is 0. The van der Waals surface area contributed by atoms with E-state index < -0.39 is 35.5 Å². The molecule has 0 unspecified atom stereocenters. The third-order valence-corrected chi connectivity index (χ3v) is 9.07. The van der Waals surface area contributed by atoms with Crippen molar-refractivity contribution in [3.63, 3.8) is 0 Å². The van der Waals surface area contributed by atoms with Crippen LogP contribution >= 0.6 is 23.5 Å². The fraction of sp³-hybridized carbons (Fsp3) is 0.250. The molecule has 0 spiro atoms. The molecule has 8 nitrogen and oxygen atoms in total. The van der Waals surface area contributed by atoms with E-state index >= 15 is 0 Å². The van der Waals surface area contributed by atoms with Crippen LogP contribution in [-0.4, -0.2) is 47.6 Å². The van der Waals surface area contributed by atoms with Gasteiger partial charge in [-0.3, -0.25) is 19.8 Å². The smallest absolute Gasteiger partial charge is 0.306 e. The number of nitrogens with zero attached hydrogens (tertiary/aromatic N) is 4. The molecule has 0 saturated heterocycles. The maximum atomic E-state index is 13.2. The summed E-state index contributed by atoms with van der Waals surface area (Å²) >= 11 is 2.11. The van der Waals surface area contributed by atoms with Crippen LogP contribution in [0.1, 0.15) is 22.3 Å². The van der Waals surface area contributed by atoms with Gasteiger partial charge in [0.1, 0.15) is 0 Å². The summed E-state index contributed by atoms with van der Waals surface area (Å²) in [5, 5.41) is 5.30. The number of halogens is 6. The SMILES string of the molecule is CSc1cc2c(cc1C(F)(F)F)N(C(=O)Nc1cccnc1)CC2.CSc1cc2c(cc1C(F)(F)F)N(C(=O)Nc1cccnc1)CC2. The molecule has 6 rings (SSSR count). The number of aromatic nitrogens is 2. The molecular weight excluding hydrogens is 679 g/mol. The zero-order valence-corrected chi connectivity index (χ0v) is 27.1. The van der Waals surface area contributed by atoms with Gasteiger partial charge in [-0.15, -0.1) is 23.5 Å². The Balaban J connectivity index is 0.000000188. The zero-order valence-electron chi connectivity index (χ0n) is 25.4. The van der Waals surface area contributed by atoms with Gasteiger partial charge in [0.2, 0.25) is 0 Å². The molecular formula is C32H28F6N6O2S2. The Morgan fingerprint density at radius 3 is 1.40 bits per heavy atom. The van der Waals surface area contributed by atoms with E-state index in [-0.39, 0.29) is 9.79 Å². The topological polar surface area (TPSA) is 90.5 Å². The molecule has 252 valence electrons. The van der Waals surface area contributed by atoms with Crippen molar-refractivity contribution in [2.45, 2.75) is 35.0 Å². The molecule has 2 N–H and O–H groups in total. The number of anilines is 4. The Bertz CT molecular complexity index is 1660. The highest BCUT2D eigenvalue weighted by Crippen LogP contribution is 2.43. The van der Waals surface area contributed by atoms with E-state index in [4.69, 9.17) is 0 Å². The molecule has 4 aromatic rings. The van der Waals surface area contributed by atoms with E-state index in [0.29, 0.717) is 48.7 Å². The summed E-state index contributed by atoms with van der Waals surface area (Å²) in [5.41, 5.74) is 1.66. The normalized spacial score (nSPS) is 13.8. The number of pyridine rings is 2. The first kappa shape index (κ1) is 34.9. The molecule has 2 aliphatic heterocycles. The average molecular weight is 707 g/mol. The second kappa shape index (κ2) is 14.4. The number of alkyl halides is 6. The number of urea groups is 2. The minimum atomic E-state index is -4.46. The van der Waals surface area contributed by atoms with E-state index in [1.165, 1.54) is 34.3 Å². The molecule has 0 saturated carbocycles. The highest BCUT2D eigenvalue weighted by molar-refractivity contribution is 7.98. The molecule has 2 aromatic carbocycles. The summed E-state index contributed by atoms with van der Waals surface area (Å²) in [5.74, 6) is 0. The highest BCUT2D eigenvalue weighted by atomic mass is 32.2. The quantitative estimate of drug-likeness (QED) is 0.163. The molecule has 16 heteroatoms. The third-order valence-electron chi connectivity index (χ3n) is 7.52. The monoisotopic (exact) mass is 706 g/mol. The minimum Gasteiger partial charge on any atom is -0.306 e. The van der Waals surface area contributed by atoms with Gasteiger partial charge in [-0.2, -0.15) is 26.3 Å². The summed E-state index contributed by atoms with van der Waals surface area (Å²) < 4.78 is 79.4. The Kier molecular flexibility index (Phi) is 10.4. The Labute approximate surface area is 280 Å². The van der Waals surface area contributed by atoms with Crippen molar-refractivity contribution < 1.29 is 35.9 Å². The van der Waals surface area contributed by atoms with E-state index in [9.17, 15) is 35.9 Å². The van der Waals surface area contributed by atoms with Crippen molar-refractivity contribution in [3.8, 4) is 0 Å². The maximum absolute atomic E-state index is 13.2. The number of benzene rings is 2. The van der Waals surface area contributed by atoms with Crippen LogP contribution in [0.2, 0.25) is 0 Å². The Morgan fingerprint density at radius 2 is 1.08 bits per heavy atom. The Morgan fingerprint density at radius 1 is 0.688 bits per heavy atom. The number of hydrogen-bond acceptors (Lipinski definition) is 6. The Hall–Kier alpha value is -4.44. The largest absolute Gasteiger partial charge is 0.417 e. The number of carbonyl (C=O) groups excluding carboxylic acids is 2. The van der Waals surface area contributed by atoms with Crippen LogP contribution < -0.4 is 20.4 Å². The van der Waals surface area contributed by atoms with Crippen LogP contribution in [0.5, 0.6) is 0 Å². The molecule has 0 bridgehead atoms. The molecule has 2 aliphatic rings. The fourth-order valence-electron chi connectivity index (χ4n) is 5.29. The standard InChI is InChI=1S/2C16H14F3N3OS/c2*1-24-14-7-10-4-6-22(13(10)8-12(14)16(17,18)19)15(23)21-11-3-2-5-20-9-11/h2*2-3,5,7-9H,4,6H2,1H3,(H,21,23). The molecule has 0 atom stereocenters. The minimum absolute atomic E-state index is 0.177. The van der Waals surface area contributed by atoms with Crippen LogP contribution in [-0.2, 0) is 25.2 Å². The van der Waals surface area contributed by atoms with E-state index in [2.05, 4.69) is 20.6 Å². The molecule has 2 aromatic heterocycles. The van der Waals surface area contributed by atoms with Gasteiger partial charge in [0.15, 0.2) is 0 Å². The summed E-state index contributed by atoms with van der Waals surface area (Å²) in [6.07, 6.45) is 1.46. The number of hydrogen-bond donors (Lipinski definition) is 2. The number of rotatable bonds is 4. The van der Waals surface area contributed by atoms with E-state index in [1.807, 2.05) is 0 Å². The van der Waals surface area contributed by atoms with Crippen LogP contribution in [0, 0.1) is 0 Å². The second-order valence-corrected chi connectivity index (χ2v) is 12.2. The van der Waals surface area contributed by atoms with Gasteiger partial charge in [-0.05, 0) is 85.0 Å². The lowest BCUT2D eigenvalue weighted by molar-refractivity contribution is -0.140. The van der Waals surface area contributed by atoms with Gasteiger partial charge in [-0.1, -0.05) is 0 Å². The van der Waals surface area contributed by atoms with Crippen molar-refractivity contribution in [1.29, 1.82) is 0 Å². The van der Waals surface area contributed by atoms with Crippen LogP contribution in [0.4, 0.5) is 58.7 Å². The lowest BCUT2D eigenvalue weighted by Gasteiger charge is -2.20. The molecule has 0 fully saturated rings. The second-order valence-electron chi connectivity index (χ2n) is 10.5. The van der Waals surface area contributed by atoms with E-state index in [1.54, 1.807) is 49.2 Å². The number of fused-ring (bicyclic) bond motifs is 2. The maximum Gasteiger partial charge on any atom is 0.417 e. The fourth-order valence-corrected chi connectivity index (χ4v) is 6.60. The lowest BCUT2D eigenvalue weighted by atomic mass is 10.1. The van der Waals surface area contributed by atoms with Crippen molar-refractivity contribution in [2.75, 3.05) is 46.0 Å². The third kappa shape index (κ3) is 7.81. The highest BCUT2D eigenvalue weighted by Gasteiger charge is 2.38. The molecule has 4 amide bonds. The summed E-state index contributed by atoms with van der Waals surface area (Å²) in [6.45, 7) is 0.688. The van der Waals surface area contributed by atoms with Gasteiger partial charge < -0.3 is 10.6 Å². The number of carbonyl (C=O) groups is 2. The molecule has 48 heavy (non-hydrogen) atoms. The van der Waals surface area contributed by atoms with Gasteiger partial charge in [0.25, 0.3) is 0 Å². The first-order chi connectivity index (χ1) is 22.8. The predicted octanol–water partition coefficient (Wildman–Crippen LogP) is 8.83.